The fraction of sp³-hybridized carbons (Fsp3) is 0.400. The number of amides is 4. The number of nitrogens with zero attached hydrogens (tertiary/aromatic N) is 2. The SMILES string of the molecule is CCCCC1(c2ccc(F)cc2)NC(=O)N(CCC(=O)Nc2cc(C)on2)C1=O. The number of rotatable bonds is 8. The number of halogens is 1. The maximum absolute atomic E-state index is 13.4. The summed E-state index contributed by atoms with van der Waals surface area (Å²) < 4.78 is 18.2. The van der Waals surface area contributed by atoms with E-state index in [1.54, 1.807) is 13.0 Å². The van der Waals surface area contributed by atoms with Crippen LogP contribution in [0, 0.1) is 12.7 Å². The van der Waals surface area contributed by atoms with E-state index in [2.05, 4.69) is 15.8 Å². The smallest absolute Gasteiger partial charge is 0.325 e. The molecule has 8 nitrogen and oxygen atoms in total. The summed E-state index contributed by atoms with van der Waals surface area (Å²) in [5.74, 6) is -0.435. The van der Waals surface area contributed by atoms with E-state index in [1.165, 1.54) is 24.3 Å². The van der Waals surface area contributed by atoms with Crippen LogP contribution < -0.4 is 10.6 Å². The predicted octanol–water partition coefficient (Wildman–Crippen LogP) is 3.09. The number of hydrogen-bond acceptors (Lipinski definition) is 5. The van der Waals surface area contributed by atoms with Gasteiger partial charge >= 0.3 is 6.03 Å². The van der Waals surface area contributed by atoms with Crippen molar-refractivity contribution in [1.29, 1.82) is 0 Å². The minimum Gasteiger partial charge on any atom is -0.360 e. The van der Waals surface area contributed by atoms with E-state index in [0.29, 0.717) is 24.2 Å². The third kappa shape index (κ3) is 4.28. The van der Waals surface area contributed by atoms with Crippen molar-refractivity contribution < 1.29 is 23.3 Å². The lowest BCUT2D eigenvalue weighted by Crippen LogP contribution is -2.44. The first-order chi connectivity index (χ1) is 13.9. The second kappa shape index (κ2) is 8.42. The Hall–Kier alpha value is -3.23. The van der Waals surface area contributed by atoms with E-state index in [-0.39, 0.29) is 18.8 Å². The Labute approximate surface area is 167 Å². The number of anilines is 1. The standard InChI is InChI=1S/C20H23FN4O4/c1-3-4-10-20(14-5-7-15(21)8-6-14)18(27)25(19(28)23-20)11-9-17(26)22-16-12-13(2)29-24-16/h5-8,12H,3-4,9-11H2,1-2H3,(H,23,28)(H,22,24,26). The Morgan fingerprint density at radius 2 is 2.03 bits per heavy atom. The van der Waals surface area contributed by atoms with Crippen LogP contribution in [0.15, 0.2) is 34.9 Å². The first kappa shape index (κ1) is 20.5. The Morgan fingerprint density at radius 1 is 1.31 bits per heavy atom. The Balaban J connectivity index is 1.73. The minimum absolute atomic E-state index is 0.0809. The van der Waals surface area contributed by atoms with Crippen LogP contribution >= 0.6 is 0 Å². The molecule has 0 saturated carbocycles. The molecule has 0 aliphatic carbocycles. The van der Waals surface area contributed by atoms with Crippen molar-refractivity contribution in [3.8, 4) is 0 Å². The first-order valence-corrected chi connectivity index (χ1v) is 9.49. The van der Waals surface area contributed by atoms with Crippen molar-refractivity contribution in [2.75, 3.05) is 11.9 Å². The van der Waals surface area contributed by atoms with Crippen molar-refractivity contribution in [3.05, 3.63) is 47.5 Å². The number of hydrogen-bond donors (Lipinski definition) is 2. The van der Waals surface area contributed by atoms with Gasteiger partial charge in [-0.25, -0.2) is 9.18 Å². The highest BCUT2D eigenvalue weighted by molar-refractivity contribution is 6.07. The molecule has 3 rings (SSSR count). The monoisotopic (exact) mass is 402 g/mol. The van der Waals surface area contributed by atoms with E-state index in [0.717, 1.165) is 11.3 Å². The van der Waals surface area contributed by atoms with Crippen molar-refractivity contribution in [2.45, 2.75) is 45.1 Å². The number of unbranched alkanes of at least 4 members (excludes halogenated alkanes) is 1. The number of imide groups is 1. The number of carbonyl (C=O) groups excluding carboxylic acids is 3. The summed E-state index contributed by atoms with van der Waals surface area (Å²) in [6.07, 6.45) is 1.83. The van der Waals surface area contributed by atoms with E-state index in [1.807, 2.05) is 6.92 Å². The molecule has 9 heteroatoms. The Morgan fingerprint density at radius 3 is 2.66 bits per heavy atom. The van der Waals surface area contributed by atoms with E-state index in [4.69, 9.17) is 4.52 Å². The fourth-order valence-corrected chi connectivity index (χ4v) is 3.36. The number of nitrogens with one attached hydrogen (secondary N) is 2. The number of aromatic nitrogens is 1. The molecule has 1 aliphatic rings. The summed E-state index contributed by atoms with van der Waals surface area (Å²) in [4.78, 5) is 38.9. The summed E-state index contributed by atoms with van der Waals surface area (Å²) in [7, 11) is 0. The van der Waals surface area contributed by atoms with Gasteiger partial charge in [0.1, 0.15) is 17.1 Å². The fourth-order valence-electron chi connectivity index (χ4n) is 3.36. The molecule has 2 heterocycles. The normalized spacial score (nSPS) is 18.8. The molecule has 1 aliphatic heterocycles. The van der Waals surface area contributed by atoms with Crippen LogP contribution in [-0.2, 0) is 15.1 Å². The average molecular weight is 402 g/mol. The topological polar surface area (TPSA) is 105 Å². The molecule has 1 saturated heterocycles. The van der Waals surface area contributed by atoms with Crippen molar-refractivity contribution in [2.24, 2.45) is 0 Å². The summed E-state index contributed by atoms with van der Waals surface area (Å²) in [5, 5.41) is 9.00. The molecule has 29 heavy (non-hydrogen) atoms. The summed E-state index contributed by atoms with van der Waals surface area (Å²) in [5.41, 5.74) is -0.726. The molecular formula is C20H23FN4O4. The third-order valence-electron chi connectivity index (χ3n) is 4.88. The van der Waals surface area contributed by atoms with Crippen molar-refractivity contribution in [3.63, 3.8) is 0 Å². The van der Waals surface area contributed by atoms with Gasteiger partial charge < -0.3 is 15.2 Å². The van der Waals surface area contributed by atoms with Crippen LogP contribution in [0.5, 0.6) is 0 Å². The zero-order valence-corrected chi connectivity index (χ0v) is 16.3. The highest BCUT2D eigenvalue weighted by atomic mass is 19.1. The van der Waals surface area contributed by atoms with Gasteiger partial charge in [0.05, 0.1) is 0 Å². The van der Waals surface area contributed by atoms with Crippen LogP contribution in [0.4, 0.5) is 15.0 Å². The molecule has 2 aromatic rings. The van der Waals surface area contributed by atoms with Gasteiger partial charge in [-0.15, -0.1) is 0 Å². The van der Waals surface area contributed by atoms with Gasteiger partial charge in [0.25, 0.3) is 5.91 Å². The lowest BCUT2D eigenvalue weighted by Gasteiger charge is -2.27. The number of urea groups is 1. The lowest BCUT2D eigenvalue weighted by molar-refractivity contribution is -0.132. The maximum Gasteiger partial charge on any atom is 0.325 e. The molecule has 1 unspecified atom stereocenters. The van der Waals surface area contributed by atoms with Crippen molar-refractivity contribution in [1.82, 2.24) is 15.4 Å². The maximum atomic E-state index is 13.4. The zero-order chi connectivity index (χ0) is 21.0. The van der Waals surface area contributed by atoms with Gasteiger partial charge in [0.2, 0.25) is 5.91 Å². The van der Waals surface area contributed by atoms with Crippen LogP contribution in [0.2, 0.25) is 0 Å². The van der Waals surface area contributed by atoms with E-state index >= 15 is 0 Å². The van der Waals surface area contributed by atoms with Gasteiger partial charge in [-0.3, -0.25) is 14.5 Å². The van der Waals surface area contributed by atoms with Crippen LogP contribution in [0.3, 0.4) is 0 Å². The highest BCUT2D eigenvalue weighted by Crippen LogP contribution is 2.34. The van der Waals surface area contributed by atoms with Crippen LogP contribution in [0.25, 0.3) is 0 Å². The molecule has 1 atom stereocenters. The van der Waals surface area contributed by atoms with Gasteiger partial charge in [-0.1, -0.05) is 37.1 Å². The summed E-state index contributed by atoms with van der Waals surface area (Å²) in [6.45, 7) is 3.59. The Kier molecular flexibility index (Phi) is 5.95. The minimum atomic E-state index is -1.25. The number of benzene rings is 1. The largest absolute Gasteiger partial charge is 0.360 e. The molecule has 0 bridgehead atoms. The van der Waals surface area contributed by atoms with Gasteiger partial charge in [-0.05, 0) is 31.0 Å². The molecular weight excluding hydrogens is 379 g/mol. The highest BCUT2D eigenvalue weighted by Gasteiger charge is 2.51. The molecule has 154 valence electrons. The molecule has 2 N–H and O–H groups in total. The summed E-state index contributed by atoms with van der Waals surface area (Å²) in [6, 6.07) is 6.53. The molecule has 1 aromatic heterocycles. The zero-order valence-electron chi connectivity index (χ0n) is 16.3. The number of carbonyl (C=O) groups is 3. The van der Waals surface area contributed by atoms with Crippen molar-refractivity contribution >= 4 is 23.7 Å². The van der Waals surface area contributed by atoms with Gasteiger partial charge in [0.15, 0.2) is 5.82 Å². The van der Waals surface area contributed by atoms with E-state index in [9.17, 15) is 18.8 Å². The van der Waals surface area contributed by atoms with E-state index < -0.39 is 29.2 Å². The lowest BCUT2D eigenvalue weighted by atomic mass is 9.84. The van der Waals surface area contributed by atoms with Crippen LogP contribution in [-0.4, -0.2) is 34.4 Å². The summed E-state index contributed by atoms with van der Waals surface area (Å²) >= 11 is 0. The van der Waals surface area contributed by atoms with Gasteiger partial charge in [-0.2, -0.15) is 0 Å². The number of aryl methyl sites for hydroxylation is 1. The average Bonchev–Trinajstić information content (AvgIpc) is 3.20. The van der Waals surface area contributed by atoms with Gasteiger partial charge in [0, 0.05) is 19.0 Å². The predicted molar refractivity (Wildman–Crippen MR) is 102 cm³/mol. The quantitative estimate of drug-likeness (QED) is 0.660. The second-order valence-corrected chi connectivity index (χ2v) is 7.02. The molecule has 0 spiro atoms. The molecule has 4 amide bonds. The Bertz CT molecular complexity index is 911. The first-order valence-electron chi connectivity index (χ1n) is 9.49. The molecule has 1 fully saturated rings. The second-order valence-electron chi connectivity index (χ2n) is 7.02. The molecule has 1 aromatic carbocycles. The van der Waals surface area contributed by atoms with Crippen LogP contribution in [0.1, 0.15) is 43.9 Å². The third-order valence-corrected chi connectivity index (χ3v) is 4.88. The molecule has 0 radical (unpaired) electrons.